The van der Waals surface area contributed by atoms with Crippen LogP contribution in [0.4, 0.5) is 0 Å². The molecule has 1 fully saturated rings. The minimum atomic E-state index is -0.264. The lowest BCUT2D eigenvalue weighted by molar-refractivity contribution is -0.131. The molecule has 0 bridgehead atoms. The zero-order valence-corrected chi connectivity index (χ0v) is 18.8. The van der Waals surface area contributed by atoms with Gasteiger partial charge in [-0.05, 0) is 62.2 Å². The van der Waals surface area contributed by atoms with Gasteiger partial charge in [0.1, 0.15) is 5.75 Å². The van der Waals surface area contributed by atoms with Gasteiger partial charge in [0.15, 0.2) is 0 Å². The largest absolute Gasteiger partial charge is 0.494 e. The van der Waals surface area contributed by atoms with Gasteiger partial charge in [-0.2, -0.15) is 0 Å². The van der Waals surface area contributed by atoms with E-state index in [9.17, 15) is 9.59 Å². The number of likely N-dealkylation sites (tertiary alicyclic amines) is 1. The number of thiazole rings is 1. The van der Waals surface area contributed by atoms with E-state index in [0.29, 0.717) is 41.9 Å². The first kappa shape index (κ1) is 21.6. The number of nitrogens with one attached hydrogen (secondary N) is 1. The fourth-order valence-corrected chi connectivity index (χ4v) is 4.99. The minimum absolute atomic E-state index is 0.00362. The van der Waals surface area contributed by atoms with Crippen LogP contribution >= 0.6 is 22.9 Å². The summed E-state index contributed by atoms with van der Waals surface area (Å²) in [7, 11) is 0. The molecule has 0 unspecified atom stereocenters. The van der Waals surface area contributed by atoms with Gasteiger partial charge >= 0.3 is 0 Å². The maximum absolute atomic E-state index is 12.6. The van der Waals surface area contributed by atoms with Gasteiger partial charge in [0, 0.05) is 29.6 Å². The van der Waals surface area contributed by atoms with Crippen LogP contribution in [0.3, 0.4) is 0 Å². The number of ether oxygens (including phenoxy) is 1. The lowest BCUT2D eigenvalue weighted by atomic mass is 9.97. The van der Waals surface area contributed by atoms with Gasteiger partial charge in [0.2, 0.25) is 5.91 Å². The van der Waals surface area contributed by atoms with Crippen molar-refractivity contribution in [3.05, 3.63) is 58.1 Å². The molecule has 2 heterocycles. The number of amides is 2. The van der Waals surface area contributed by atoms with Crippen molar-refractivity contribution in [2.24, 2.45) is 0 Å². The Morgan fingerprint density at radius 1 is 1.19 bits per heavy atom. The average Bonchev–Trinajstić information content (AvgIpc) is 3.21. The summed E-state index contributed by atoms with van der Waals surface area (Å²) < 4.78 is 6.51. The van der Waals surface area contributed by atoms with Crippen molar-refractivity contribution in [1.29, 1.82) is 0 Å². The van der Waals surface area contributed by atoms with E-state index >= 15 is 0 Å². The Morgan fingerprint density at radius 2 is 1.94 bits per heavy atom. The highest BCUT2D eigenvalue weighted by molar-refractivity contribution is 7.18. The van der Waals surface area contributed by atoms with Gasteiger partial charge in [0.25, 0.3) is 5.91 Å². The highest BCUT2D eigenvalue weighted by Gasteiger charge is 2.26. The Kier molecular flexibility index (Phi) is 6.73. The van der Waals surface area contributed by atoms with Crippen LogP contribution in [0.1, 0.15) is 41.0 Å². The van der Waals surface area contributed by atoms with Gasteiger partial charge in [-0.3, -0.25) is 9.59 Å². The zero-order chi connectivity index (χ0) is 21.8. The fraction of sp³-hybridized carbons (Fsp3) is 0.348. The topological polar surface area (TPSA) is 71.5 Å². The van der Waals surface area contributed by atoms with Crippen molar-refractivity contribution in [2.75, 3.05) is 26.2 Å². The molecular formula is C23H24ClN3O3S. The fourth-order valence-electron chi connectivity index (χ4n) is 3.71. The molecule has 0 atom stereocenters. The smallest absolute Gasteiger partial charge is 0.251 e. The van der Waals surface area contributed by atoms with Crippen LogP contribution < -0.4 is 10.1 Å². The molecule has 0 spiro atoms. The van der Waals surface area contributed by atoms with E-state index in [1.807, 2.05) is 30.0 Å². The molecule has 3 aromatic rings. The van der Waals surface area contributed by atoms with E-state index in [4.69, 9.17) is 21.3 Å². The molecule has 1 aliphatic rings. The number of carbonyl (C=O) groups is 2. The second-order valence-electron chi connectivity index (χ2n) is 7.46. The quantitative estimate of drug-likeness (QED) is 0.592. The number of hydrogen-bond acceptors (Lipinski definition) is 5. The van der Waals surface area contributed by atoms with Crippen molar-refractivity contribution >= 4 is 45.0 Å². The van der Waals surface area contributed by atoms with Crippen LogP contribution in [-0.4, -0.2) is 47.9 Å². The summed E-state index contributed by atoms with van der Waals surface area (Å²) in [6, 6.07) is 12.7. The van der Waals surface area contributed by atoms with Crippen LogP contribution in [0.2, 0.25) is 5.02 Å². The van der Waals surface area contributed by atoms with E-state index in [2.05, 4.69) is 5.32 Å². The summed E-state index contributed by atoms with van der Waals surface area (Å²) in [4.78, 5) is 31.4. The molecule has 1 saturated heterocycles. The summed E-state index contributed by atoms with van der Waals surface area (Å²) in [6.07, 6.45) is 1.73. The monoisotopic (exact) mass is 457 g/mol. The number of nitrogens with zero attached hydrogens (tertiary/aromatic N) is 2. The molecule has 0 radical (unpaired) electrons. The summed E-state index contributed by atoms with van der Waals surface area (Å²) in [6.45, 7) is 3.81. The molecule has 4 rings (SSSR count). The summed E-state index contributed by atoms with van der Waals surface area (Å²) in [5.41, 5.74) is 1.44. The lowest BCUT2D eigenvalue weighted by Crippen LogP contribution is -2.43. The van der Waals surface area contributed by atoms with Gasteiger partial charge in [0.05, 0.1) is 28.4 Å². The van der Waals surface area contributed by atoms with Crippen LogP contribution in [0.25, 0.3) is 10.2 Å². The van der Waals surface area contributed by atoms with Crippen molar-refractivity contribution in [3.8, 4) is 5.75 Å². The molecule has 2 amide bonds. The first-order valence-corrected chi connectivity index (χ1v) is 11.6. The Morgan fingerprint density at radius 3 is 2.65 bits per heavy atom. The average molecular weight is 458 g/mol. The van der Waals surface area contributed by atoms with E-state index in [1.165, 1.54) is 0 Å². The Bertz CT molecular complexity index is 1080. The van der Waals surface area contributed by atoms with Gasteiger partial charge in [-0.1, -0.05) is 11.6 Å². The maximum atomic E-state index is 12.6. The number of rotatable bonds is 6. The molecule has 31 heavy (non-hydrogen) atoms. The van der Waals surface area contributed by atoms with Crippen LogP contribution in [0.15, 0.2) is 42.5 Å². The number of fused-ring (bicyclic) bond motifs is 1. The molecule has 162 valence electrons. The molecule has 1 aliphatic heterocycles. The molecular weight excluding hydrogens is 434 g/mol. The molecule has 1 N–H and O–H groups in total. The van der Waals surface area contributed by atoms with E-state index in [0.717, 1.165) is 28.1 Å². The number of hydrogen-bond donors (Lipinski definition) is 1. The zero-order valence-electron chi connectivity index (χ0n) is 17.3. The summed E-state index contributed by atoms with van der Waals surface area (Å²) >= 11 is 7.76. The van der Waals surface area contributed by atoms with Gasteiger partial charge < -0.3 is 15.0 Å². The van der Waals surface area contributed by atoms with E-state index in [1.54, 1.807) is 35.6 Å². The SMILES string of the molecule is CCOc1ccc(C(=O)NCC(=O)N2CCC(c3nc4cc(Cl)ccc4s3)CC2)cc1. The predicted molar refractivity (Wildman–Crippen MR) is 123 cm³/mol. The minimum Gasteiger partial charge on any atom is -0.494 e. The molecule has 0 aliphatic carbocycles. The molecule has 2 aromatic carbocycles. The van der Waals surface area contributed by atoms with Crippen molar-refractivity contribution in [3.63, 3.8) is 0 Å². The third-order valence-corrected chi connectivity index (χ3v) is 6.82. The second kappa shape index (κ2) is 9.66. The highest BCUT2D eigenvalue weighted by Crippen LogP contribution is 2.34. The van der Waals surface area contributed by atoms with Crippen molar-refractivity contribution in [1.82, 2.24) is 15.2 Å². The Hall–Kier alpha value is -2.64. The number of carbonyl (C=O) groups excluding carboxylic acids is 2. The van der Waals surface area contributed by atoms with E-state index in [-0.39, 0.29) is 18.4 Å². The number of piperidine rings is 1. The number of benzene rings is 2. The summed E-state index contributed by atoms with van der Waals surface area (Å²) in [5.74, 6) is 0.737. The number of aromatic nitrogens is 1. The Labute approximate surface area is 190 Å². The summed E-state index contributed by atoms with van der Waals surface area (Å²) in [5, 5.41) is 4.52. The van der Waals surface area contributed by atoms with Crippen LogP contribution in [-0.2, 0) is 4.79 Å². The molecule has 6 nitrogen and oxygen atoms in total. The molecule has 0 saturated carbocycles. The van der Waals surface area contributed by atoms with E-state index < -0.39 is 0 Å². The predicted octanol–water partition coefficient (Wildman–Crippen LogP) is 4.48. The van der Waals surface area contributed by atoms with Gasteiger partial charge in [-0.15, -0.1) is 11.3 Å². The molecule has 1 aromatic heterocycles. The third kappa shape index (κ3) is 5.17. The van der Waals surface area contributed by atoms with Crippen LogP contribution in [0, 0.1) is 0 Å². The van der Waals surface area contributed by atoms with Crippen molar-refractivity contribution in [2.45, 2.75) is 25.7 Å². The third-order valence-electron chi connectivity index (χ3n) is 5.39. The Balaban J connectivity index is 1.27. The van der Waals surface area contributed by atoms with Crippen LogP contribution in [0.5, 0.6) is 5.75 Å². The van der Waals surface area contributed by atoms with Crippen molar-refractivity contribution < 1.29 is 14.3 Å². The standard InChI is InChI=1S/C23H24ClN3O3S/c1-2-30-18-6-3-15(4-7-18)22(29)25-14-21(28)27-11-9-16(10-12-27)23-26-19-13-17(24)5-8-20(19)31-23/h3-8,13,16H,2,9-12,14H2,1H3,(H,25,29). The first-order chi connectivity index (χ1) is 15.0. The second-order valence-corrected chi connectivity index (χ2v) is 8.96. The lowest BCUT2D eigenvalue weighted by Gasteiger charge is -2.31. The molecule has 8 heteroatoms. The van der Waals surface area contributed by atoms with Gasteiger partial charge in [-0.25, -0.2) is 4.98 Å². The normalized spacial score (nSPS) is 14.6. The highest BCUT2D eigenvalue weighted by atomic mass is 35.5. The maximum Gasteiger partial charge on any atom is 0.251 e. The number of halogens is 1. The first-order valence-electron chi connectivity index (χ1n) is 10.4.